The van der Waals surface area contributed by atoms with Crippen LogP contribution >= 0.6 is 15.9 Å². The molecular formula is C32H55Br. The summed E-state index contributed by atoms with van der Waals surface area (Å²) >= 11 is 3.64. The van der Waals surface area contributed by atoms with Crippen LogP contribution in [-0.4, -0.2) is 4.83 Å². The van der Waals surface area contributed by atoms with Gasteiger partial charge in [-0.3, -0.25) is 0 Å². The van der Waals surface area contributed by atoms with Crippen LogP contribution in [0.5, 0.6) is 0 Å². The Labute approximate surface area is 217 Å². The highest BCUT2D eigenvalue weighted by atomic mass is 79.9. The molecule has 0 bridgehead atoms. The zero-order chi connectivity index (χ0) is 25.9. The third-order valence-corrected chi connectivity index (χ3v) is 5.45. The summed E-state index contributed by atoms with van der Waals surface area (Å²) in [5, 5.41) is 0. The van der Waals surface area contributed by atoms with Gasteiger partial charge in [-0.25, -0.2) is 0 Å². The first-order valence-corrected chi connectivity index (χ1v) is 14.4. The number of halogens is 1. The minimum Gasteiger partial charge on any atom is -0.115 e. The van der Waals surface area contributed by atoms with Crippen LogP contribution < -0.4 is 0 Å². The molecule has 0 amide bonds. The number of allylic oxidation sites excluding steroid dienone is 10. The molecule has 0 saturated heterocycles. The molecule has 190 valence electrons. The quantitative estimate of drug-likeness (QED) is 0.0663. The van der Waals surface area contributed by atoms with E-state index in [0.29, 0.717) is 4.83 Å². The molecule has 0 heterocycles. The molecule has 0 N–H and O–H groups in total. The van der Waals surface area contributed by atoms with Crippen molar-refractivity contribution < 1.29 is 0 Å². The largest absolute Gasteiger partial charge is 0.115 e. The van der Waals surface area contributed by atoms with Crippen LogP contribution in [0.25, 0.3) is 0 Å². The summed E-state index contributed by atoms with van der Waals surface area (Å²) in [5.41, 5.74) is 5.48. The van der Waals surface area contributed by atoms with Gasteiger partial charge in [0.2, 0.25) is 0 Å². The maximum atomic E-state index is 5.52. The number of terminal acetylenes is 1. The maximum Gasteiger partial charge on any atom is 0.0158 e. The van der Waals surface area contributed by atoms with E-state index in [0.717, 1.165) is 19.3 Å². The predicted octanol–water partition coefficient (Wildman–Crippen LogP) is 11.7. The molecule has 1 atom stereocenters. The van der Waals surface area contributed by atoms with E-state index in [1.807, 2.05) is 33.8 Å². The Morgan fingerprint density at radius 3 is 2.00 bits per heavy atom. The summed E-state index contributed by atoms with van der Waals surface area (Å²) in [7, 11) is 0. The normalized spacial score (nSPS) is 13.6. The minimum absolute atomic E-state index is 0.417. The van der Waals surface area contributed by atoms with E-state index in [1.54, 1.807) is 0 Å². The van der Waals surface area contributed by atoms with Crippen LogP contribution in [0, 0.1) is 12.3 Å². The van der Waals surface area contributed by atoms with Crippen molar-refractivity contribution in [3.05, 3.63) is 58.7 Å². The van der Waals surface area contributed by atoms with E-state index >= 15 is 0 Å². The summed E-state index contributed by atoms with van der Waals surface area (Å²) in [5.74, 6) is 2.68. The molecule has 0 radical (unpaired) electrons. The van der Waals surface area contributed by atoms with Gasteiger partial charge in [-0.2, -0.15) is 0 Å². The molecule has 0 aromatic carbocycles. The Morgan fingerprint density at radius 1 is 0.909 bits per heavy atom. The number of unbranched alkanes of at least 4 members (excludes halogenated alkanes) is 5. The molecule has 0 aromatic rings. The number of hydrogen-bond acceptors (Lipinski definition) is 0. The van der Waals surface area contributed by atoms with Gasteiger partial charge < -0.3 is 0 Å². The van der Waals surface area contributed by atoms with Gasteiger partial charge in [0.05, 0.1) is 0 Å². The second kappa shape index (κ2) is 28.8. The maximum absolute atomic E-state index is 5.52. The fourth-order valence-electron chi connectivity index (χ4n) is 3.09. The van der Waals surface area contributed by atoms with Crippen LogP contribution in [0.4, 0.5) is 0 Å². The number of rotatable bonds is 15. The summed E-state index contributed by atoms with van der Waals surface area (Å²) in [6.07, 6.45) is 31.0. The molecule has 0 fully saturated rings. The van der Waals surface area contributed by atoms with Gasteiger partial charge in [0, 0.05) is 4.83 Å². The lowest BCUT2D eigenvalue weighted by molar-refractivity contribution is 0.604. The molecule has 1 unspecified atom stereocenters. The van der Waals surface area contributed by atoms with Gasteiger partial charge in [-0.1, -0.05) is 144 Å². The lowest BCUT2D eigenvalue weighted by atomic mass is 9.97. The first-order chi connectivity index (χ1) is 16.0. The van der Waals surface area contributed by atoms with E-state index in [-0.39, 0.29) is 0 Å². The van der Waals surface area contributed by atoms with Gasteiger partial charge in [-0.05, 0) is 63.2 Å². The van der Waals surface area contributed by atoms with Crippen molar-refractivity contribution in [1.29, 1.82) is 0 Å². The van der Waals surface area contributed by atoms with Crippen molar-refractivity contribution in [2.24, 2.45) is 0 Å². The third kappa shape index (κ3) is 25.2. The molecule has 0 aromatic heterocycles. The van der Waals surface area contributed by atoms with E-state index < -0.39 is 0 Å². The van der Waals surface area contributed by atoms with Gasteiger partial charge in [0.15, 0.2) is 0 Å². The van der Waals surface area contributed by atoms with Gasteiger partial charge in [0.1, 0.15) is 0 Å². The molecular weight excluding hydrogens is 464 g/mol. The molecule has 0 nitrogen and oxygen atoms in total. The average molecular weight is 520 g/mol. The van der Waals surface area contributed by atoms with Crippen molar-refractivity contribution in [3.8, 4) is 12.3 Å². The van der Waals surface area contributed by atoms with E-state index in [2.05, 4.69) is 86.8 Å². The van der Waals surface area contributed by atoms with Crippen molar-refractivity contribution in [1.82, 2.24) is 0 Å². The van der Waals surface area contributed by atoms with Gasteiger partial charge in [-0.15, -0.1) is 6.42 Å². The van der Waals surface area contributed by atoms with Crippen LogP contribution in [0.15, 0.2) is 58.7 Å². The van der Waals surface area contributed by atoms with E-state index in [4.69, 9.17) is 6.42 Å². The summed E-state index contributed by atoms with van der Waals surface area (Å²) in [6, 6.07) is 0. The fraction of sp³-hybridized carbons (Fsp3) is 0.625. The lowest BCUT2D eigenvalue weighted by Crippen LogP contribution is -1.92. The topological polar surface area (TPSA) is 0 Å². The highest BCUT2D eigenvalue weighted by molar-refractivity contribution is 9.09. The van der Waals surface area contributed by atoms with Crippen molar-refractivity contribution in [3.63, 3.8) is 0 Å². The van der Waals surface area contributed by atoms with Gasteiger partial charge in [0.25, 0.3) is 0 Å². The second-order valence-electron chi connectivity index (χ2n) is 7.95. The van der Waals surface area contributed by atoms with Crippen molar-refractivity contribution in [2.45, 2.75) is 131 Å². The van der Waals surface area contributed by atoms with E-state index in [1.165, 1.54) is 67.2 Å². The Balaban J connectivity index is -0.00000212. The Morgan fingerprint density at radius 2 is 1.48 bits per heavy atom. The summed E-state index contributed by atoms with van der Waals surface area (Å²) in [4.78, 5) is 0.417. The predicted molar refractivity (Wildman–Crippen MR) is 160 cm³/mol. The summed E-state index contributed by atoms with van der Waals surface area (Å²) < 4.78 is 0. The molecule has 1 heteroatoms. The zero-order valence-electron chi connectivity index (χ0n) is 23.6. The second-order valence-corrected chi connectivity index (χ2v) is 9.52. The van der Waals surface area contributed by atoms with Crippen LogP contribution in [0.3, 0.4) is 0 Å². The molecule has 0 spiro atoms. The Kier molecular flexibility index (Phi) is 31.7. The number of alkyl halides is 1. The van der Waals surface area contributed by atoms with Gasteiger partial charge >= 0.3 is 0 Å². The monoisotopic (exact) mass is 518 g/mol. The first-order valence-electron chi connectivity index (χ1n) is 13.4. The lowest BCUT2D eigenvalue weighted by Gasteiger charge is -2.09. The number of hydrogen-bond donors (Lipinski definition) is 0. The fourth-order valence-corrected chi connectivity index (χ4v) is 3.46. The van der Waals surface area contributed by atoms with Crippen LogP contribution in [0.2, 0.25) is 0 Å². The Bertz CT molecular complexity index is 617. The average Bonchev–Trinajstić information content (AvgIpc) is 2.83. The standard InChI is InChI=1S/C28H43Br.2C2H6/c1-7-11-12-13-14-15-17-26(10-4)23-28(19-18-24(5)9-3)21-20-27(16-8-2)22-25(6)29;2*1-2/h2,10,16,18-21,25H,7,9,11-15,17,22-23H2,1,3-6H3;2*1-2H3/b21-20+,24-18+,26-10-,27-16+,28-19+;;. The zero-order valence-corrected chi connectivity index (χ0v) is 25.2. The molecule has 0 rings (SSSR count). The molecule has 0 aliphatic carbocycles. The highest BCUT2D eigenvalue weighted by Crippen LogP contribution is 2.22. The first kappa shape index (κ1) is 36.3. The van der Waals surface area contributed by atoms with Crippen LogP contribution in [0.1, 0.15) is 127 Å². The highest BCUT2D eigenvalue weighted by Gasteiger charge is 2.03. The smallest absolute Gasteiger partial charge is 0.0158 e. The Hall–Kier alpha value is -1.26. The molecule has 0 saturated carbocycles. The minimum atomic E-state index is 0.417. The SMILES string of the molecule is C#C\C=C(/C=C/C(=C\C=C(/C)CC)C/C(=C\C)CCCCCCCC)CC(C)Br.CC.CC. The molecule has 0 aliphatic heterocycles. The van der Waals surface area contributed by atoms with E-state index in [9.17, 15) is 0 Å². The van der Waals surface area contributed by atoms with Crippen LogP contribution in [-0.2, 0) is 0 Å². The molecule has 33 heavy (non-hydrogen) atoms. The van der Waals surface area contributed by atoms with Crippen molar-refractivity contribution >= 4 is 15.9 Å². The summed E-state index contributed by atoms with van der Waals surface area (Å²) in [6.45, 7) is 19.0. The van der Waals surface area contributed by atoms with Crippen molar-refractivity contribution in [2.75, 3.05) is 0 Å². The third-order valence-electron chi connectivity index (χ3n) is 5.13. The molecule has 0 aliphatic rings.